The Morgan fingerprint density at radius 3 is 2.96 bits per heavy atom. The summed E-state index contributed by atoms with van der Waals surface area (Å²) in [6.45, 7) is 2.13. The zero-order valence-electron chi connectivity index (χ0n) is 12.6. The minimum absolute atomic E-state index is 0.0348. The van der Waals surface area contributed by atoms with E-state index in [1.165, 1.54) is 22.2 Å². The third-order valence-electron chi connectivity index (χ3n) is 3.86. The van der Waals surface area contributed by atoms with Gasteiger partial charge in [0, 0.05) is 4.88 Å². The predicted molar refractivity (Wildman–Crippen MR) is 87.2 cm³/mol. The van der Waals surface area contributed by atoms with Gasteiger partial charge in [-0.25, -0.2) is 9.78 Å². The monoisotopic (exact) mass is 344 g/mol. The third kappa shape index (κ3) is 2.23. The first-order valence-electron chi connectivity index (χ1n) is 7.15. The number of hydrogen-bond donors (Lipinski definition) is 1. The number of fused-ring (bicyclic) bond motifs is 2. The van der Waals surface area contributed by atoms with Crippen molar-refractivity contribution in [1.29, 1.82) is 0 Å². The van der Waals surface area contributed by atoms with Crippen LogP contribution in [-0.4, -0.2) is 27.4 Å². The number of carbonyl (C=O) groups is 1. The van der Waals surface area contributed by atoms with Gasteiger partial charge >= 0.3 is 5.97 Å². The van der Waals surface area contributed by atoms with E-state index < -0.39 is 5.97 Å². The van der Waals surface area contributed by atoms with Gasteiger partial charge in [-0.2, -0.15) is 0 Å². The Kier molecular flexibility index (Phi) is 3.27. The van der Waals surface area contributed by atoms with E-state index in [4.69, 9.17) is 9.47 Å². The van der Waals surface area contributed by atoms with Crippen LogP contribution in [0.25, 0.3) is 10.2 Å². The first-order chi connectivity index (χ1) is 11.5. The van der Waals surface area contributed by atoms with E-state index in [0.717, 1.165) is 5.56 Å². The summed E-state index contributed by atoms with van der Waals surface area (Å²) in [5.41, 5.74) is 0.512. The van der Waals surface area contributed by atoms with E-state index in [-0.39, 0.29) is 29.8 Å². The summed E-state index contributed by atoms with van der Waals surface area (Å²) in [4.78, 5) is 29.4. The van der Waals surface area contributed by atoms with Gasteiger partial charge in [0.15, 0.2) is 11.5 Å². The number of aryl methyl sites for hydroxylation is 1. The number of thiophene rings is 1. The highest BCUT2D eigenvalue weighted by Crippen LogP contribution is 2.32. The highest BCUT2D eigenvalue weighted by Gasteiger charge is 2.20. The van der Waals surface area contributed by atoms with Gasteiger partial charge in [0.2, 0.25) is 6.79 Å². The second-order valence-electron chi connectivity index (χ2n) is 5.38. The zero-order chi connectivity index (χ0) is 16.8. The Labute approximate surface area is 139 Å². The molecule has 8 heteroatoms. The molecule has 0 aliphatic carbocycles. The summed E-state index contributed by atoms with van der Waals surface area (Å²) in [6.07, 6.45) is 1.44. The van der Waals surface area contributed by atoms with E-state index in [0.29, 0.717) is 21.2 Å². The number of aromatic carboxylic acids is 1. The number of benzene rings is 1. The van der Waals surface area contributed by atoms with Crippen LogP contribution in [0.2, 0.25) is 0 Å². The molecule has 0 unspecified atom stereocenters. The molecular weight excluding hydrogens is 332 g/mol. The number of carboxylic acid groups (broad SMARTS) is 1. The molecule has 0 amide bonds. The van der Waals surface area contributed by atoms with Gasteiger partial charge in [-0.15, -0.1) is 11.3 Å². The van der Waals surface area contributed by atoms with Crippen LogP contribution in [0.5, 0.6) is 11.5 Å². The molecule has 24 heavy (non-hydrogen) atoms. The van der Waals surface area contributed by atoms with Crippen LogP contribution < -0.4 is 15.0 Å². The first kappa shape index (κ1) is 14.7. The smallest absolute Gasteiger partial charge is 0.337 e. The molecule has 7 nitrogen and oxygen atoms in total. The number of ether oxygens (including phenoxy) is 2. The highest BCUT2D eigenvalue weighted by molar-refractivity contribution is 7.19. The van der Waals surface area contributed by atoms with Gasteiger partial charge in [0.1, 0.15) is 4.83 Å². The first-order valence-corrected chi connectivity index (χ1v) is 7.96. The van der Waals surface area contributed by atoms with Crippen LogP contribution in [0.15, 0.2) is 29.3 Å². The molecule has 1 aromatic carbocycles. The number of hydrogen-bond acceptors (Lipinski definition) is 6. The van der Waals surface area contributed by atoms with Gasteiger partial charge < -0.3 is 14.6 Å². The van der Waals surface area contributed by atoms with E-state index in [9.17, 15) is 14.7 Å². The van der Waals surface area contributed by atoms with Crippen molar-refractivity contribution in [3.63, 3.8) is 0 Å². The second-order valence-corrected chi connectivity index (χ2v) is 6.59. The molecule has 4 rings (SSSR count). The Balaban J connectivity index is 1.80. The zero-order valence-corrected chi connectivity index (χ0v) is 13.4. The van der Waals surface area contributed by atoms with Crippen LogP contribution in [0.1, 0.15) is 20.8 Å². The molecule has 0 spiro atoms. The molecule has 0 saturated carbocycles. The van der Waals surface area contributed by atoms with Gasteiger partial charge in [-0.05, 0) is 24.6 Å². The molecule has 3 heterocycles. The SMILES string of the molecule is Cc1sc2ncn(Cc3ccc4c(c3)OCO4)c(=O)c2c1C(=O)O. The van der Waals surface area contributed by atoms with Crippen molar-refractivity contribution in [1.82, 2.24) is 9.55 Å². The van der Waals surface area contributed by atoms with Crippen molar-refractivity contribution in [2.75, 3.05) is 6.79 Å². The molecule has 1 N–H and O–H groups in total. The van der Waals surface area contributed by atoms with Gasteiger partial charge in [-0.3, -0.25) is 9.36 Å². The highest BCUT2D eigenvalue weighted by atomic mass is 32.1. The van der Waals surface area contributed by atoms with Crippen molar-refractivity contribution in [3.05, 3.63) is 50.9 Å². The quantitative estimate of drug-likeness (QED) is 0.784. The van der Waals surface area contributed by atoms with E-state index in [1.54, 1.807) is 19.1 Å². The fourth-order valence-corrected chi connectivity index (χ4v) is 3.72. The largest absolute Gasteiger partial charge is 0.478 e. The van der Waals surface area contributed by atoms with Gasteiger partial charge in [0.25, 0.3) is 5.56 Å². The number of carboxylic acids is 1. The molecule has 1 aliphatic rings. The Hall–Kier alpha value is -2.87. The lowest BCUT2D eigenvalue weighted by Crippen LogP contribution is -2.22. The third-order valence-corrected chi connectivity index (χ3v) is 4.87. The van der Waals surface area contributed by atoms with E-state index in [1.807, 2.05) is 6.07 Å². The molecule has 1 aliphatic heterocycles. The lowest BCUT2D eigenvalue weighted by Gasteiger charge is -2.06. The summed E-state index contributed by atoms with van der Waals surface area (Å²) in [6, 6.07) is 5.42. The molecule has 0 bridgehead atoms. The molecule has 2 aromatic heterocycles. The number of rotatable bonds is 3. The van der Waals surface area contributed by atoms with Crippen molar-refractivity contribution in [2.45, 2.75) is 13.5 Å². The fraction of sp³-hybridized carbons (Fsp3) is 0.188. The summed E-state index contributed by atoms with van der Waals surface area (Å²) in [5.74, 6) is 0.187. The molecular formula is C16H12N2O5S. The second kappa shape index (κ2) is 5.34. The topological polar surface area (TPSA) is 90.7 Å². The van der Waals surface area contributed by atoms with Crippen LogP contribution in [0.4, 0.5) is 0 Å². The van der Waals surface area contributed by atoms with Crippen molar-refractivity contribution in [2.24, 2.45) is 0 Å². The average molecular weight is 344 g/mol. The minimum Gasteiger partial charge on any atom is -0.478 e. The molecule has 0 fully saturated rings. The summed E-state index contributed by atoms with van der Waals surface area (Å²) >= 11 is 1.21. The van der Waals surface area contributed by atoms with E-state index >= 15 is 0 Å². The average Bonchev–Trinajstić information content (AvgIpc) is 3.13. The number of aromatic nitrogens is 2. The molecule has 122 valence electrons. The Morgan fingerprint density at radius 2 is 2.17 bits per heavy atom. The molecule has 0 radical (unpaired) electrons. The standard InChI is InChI=1S/C16H12N2O5S/c1-8-12(16(20)21)13-14(24-8)17-6-18(15(13)19)5-9-2-3-10-11(4-9)23-7-22-10/h2-4,6H,5,7H2,1H3,(H,20,21). The lowest BCUT2D eigenvalue weighted by atomic mass is 10.2. The minimum atomic E-state index is -1.11. The maximum atomic E-state index is 12.7. The van der Waals surface area contributed by atoms with Crippen molar-refractivity contribution >= 4 is 27.5 Å². The Bertz CT molecular complexity index is 1040. The summed E-state index contributed by atoms with van der Waals surface area (Å²) in [5, 5.41) is 9.52. The Morgan fingerprint density at radius 1 is 1.38 bits per heavy atom. The molecule has 0 atom stereocenters. The summed E-state index contributed by atoms with van der Waals surface area (Å²) in [7, 11) is 0. The van der Waals surface area contributed by atoms with Crippen LogP contribution >= 0.6 is 11.3 Å². The number of nitrogens with zero attached hydrogens (tertiary/aromatic N) is 2. The summed E-state index contributed by atoms with van der Waals surface area (Å²) < 4.78 is 12.0. The van der Waals surface area contributed by atoms with Crippen molar-refractivity contribution in [3.8, 4) is 11.5 Å². The van der Waals surface area contributed by atoms with Gasteiger partial charge in [-0.1, -0.05) is 6.07 Å². The fourth-order valence-electron chi connectivity index (χ4n) is 2.74. The maximum Gasteiger partial charge on any atom is 0.337 e. The maximum absolute atomic E-state index is 12.7. The lowest BCUT2D eigenvalue weighted by molar-refractivity contribution is 0.0698. The van der Waals surface area contributed by atoms with Crippen LogP contribution in [0.3, 0.4) is 0 Å². The molecule has 3 aromatic rings. The van der Waals surface area contributed by atoms with Gasteiger partial charge in [0.05, 0.1) is 23.8 Å². The van der Waals surface area contributed by atoms with Crippen molar-refractivity contribution < 1.29 is 19.4 Å². The molecule has 0 saturated heterocycles. The van der Waals surface area contributed by atoms with Crippen LogP contribution in [-0.2, 0) is 6.54 Å². The van der Waals surface area contributed by atoms with E-state index in [2.05, 4.69) is 4.98 Å². The van der Waals surface area contributed by atoms with Crippen LogP contribution in [0, 0.1) is 6.92 Å². The normalized spacial score (nSPS) is 12.7. The predicted octanol–water partition coefficient (Wildman–Crippen LogP) is 2.24.